The van der Waals surface area contributed by atoms with Crippen molar-refractivity contribution in [2.75, 3.05) is 23.5 Å². The van der Waals surface area contributed by atoms with E-state index in [1.165, 1.54) is 36.0 Å². The second-order valence-corrected chi connectivity index (χ2v) is 7.54. The van der Waals surface area contributed by atoms with Gasteiger partial charge >= 0.3 is 0 Å². The zero-order valence-electron chi connectivity index (χ0n) is 17.4. The van der Waals surface area contributed by atoms with Gasteiger partial charge in [-0.1, -0.05) is 17.8 Å². The summed E-state index contributed by atoms with van der Waals surface area (Å²) in [5, 5.41) is 14.2. The Labute approximate surface area is 188 Å². The summed E-state index contributed by atoms with van der Waals surface area (Å²) in [7, 11) is 1.57. The van der Waals surface area contributed by atoms with E-state index in [-0.39, 0.29) is 29.8 Å². The van der Waals surface area contributed by atoms with Gasteiger partial charge in [0.2, 0.25) is 11.8 Å². The summed E-state index contributed by atoms with van der Waals surface area (Å²) in [6.45, 7) is 4.12. The summed E-state index contributed by atoms with van der Waals surface area (Å²) >= 11 is 1.18. The van der Waals surface area contributed by atoms with Crippen molar-refractivity contribution in [1.82, 2.24) is 14.8 Å². The molecule has 0 atom stereocenters. The Morgan fingerprint density at radius 1 is 1.06 bits per heavy atom. The lowest BCUT2D eigenvalue weighted by Crippen LogP contribution is -2.18. The number of hydrogen-bond acceptors (Lipinski definition) is 6. The number of carbonyl (C=O) groups is 2. The Balaban J connectivity index is 1.59. The number of nitrogens with one attached hydrogen (secondary N) is 2. The van der Waals surface area contributed by atoms with Gasteiger partial charge in [-0.2, -0.15) is 0 Å². The third-order valence-corrected chi connectivity index (χ3v) is 5.22. The predicted octanol–water partition coefficient (Wildman–Crippen LogP) is 3.52. The fourth-order valence-corrected chi connectivity index (χ4v) is 3.52. The molecule has 0 fully saturated rings. The molecule has 1 aromatic heterocycles. The van der Waals surface area contributed by atoms with E-state index in [1.54, 1.807) is 42.0 Å². The molecule has 8 nitrogen and oxygen atoms in total. The van der Waals surface area contributed by atoms with Gasteiger partial charge in [0.1, 0.15) is 17.4 Å². The van der Waals surface area contributed by atoms with E-state index in [2.05, 4.69) is 27.4 Å². The highest BCUT2D eigenvalue weighted by molar-refractivity contribution is 7.99. The number of allylic oxidation sites excluding steroid dienone is 1. The molecule has 0 saturated carbocycles. The van der Waals surface area contributed by atoms with Gasteiger partial charge in [-0.15, -0.1) is 16.8 Å². The van der Waals surface area contributed by atoms with Crippen molar-refractivity contribution in [3.8, 4) is 5.75 Å². The minimum Gasteiger partial charge on any atom is -0.497 e. The van der Waals surface area contributed by atoms with Crippen LogP contribution >= 0.6 is 11.8 Å². The van der Waals surface area contributed by atoms with Crippen molar-refractivity contribution in [2.45, 2.75) is 18.1 Å². The molecule has 1 heterocycles. The lowest BCUT2D eigenvalue weighted by atomic mass is 10.3. The van der Waals surface area contributed by atoms with Gasteiger partial charge in [-0.25, -0.2) is 4.39 Å². The Hall–Kier alpha value is -3.66. The summed E-state index contributed by atoms with van der Waals surface area (Å²) in [4.78, 5) is 24.6. The third-order valence-electron chi connectivity index (χ3n) is 4.26. The number of aromatic nitrogens is 3. The van der Waals surface area contributed by atoms with Gasteiger partial charge in [0.15, 0.2) is 5.16 Å². The molecule has 0 spiro atoms. The van der Waals surface area contributed by atoms with Crippen LogP contribution < -0.4 is 15.4 Å². The molecule has 0 aliphatic heterocycles. The summed E-state index contributed by atoms with van der Waals surface area (Å²) in [5.41, 5.74) is 1.14. The van der Waals surface area contributed by atoms with Crippen LogP contribution in [0.5, 0.6) is 5.75 Å². The van der Waals surface area contributed by atoms with Crippen LogP contribution in [0.1, 0.15) is 5.82 Å². The lowest BCUT2D eigenvalue weighted by molar-refractivity contribution is -0.116. The van der Waals surface area contributed by atoms with E-state index in [9.17, 15) is 14.0 Å². The molecule has 0 aliphatic carbocycles. The fourth-order valence-electron chi connectivity index (χ4n) is 2.75. The minimum absolute atomic E-state index is 0.00913. The topological polar surface area (TPSA) is 98.1 Å². The van der Waals surface area contributed by atoms with Crippen molar-refractivity contribution in [2.24, 2.45) is 0 Å². The molecular weight excluding hydrogens is 433 g/mol. The average molecular weight is 456 g/mol. The number of amides is 2. The van der Waals surface area contributed by atoms with Crippen molar-refractivity contribution in [3.05, 3.63) is 72.8 Å². The molecule has 0 saturated heterocycles. The van der Waals surface area contributed by atoms with Crippen LogP contribution in [0.15, 0.2) is 66.3 Å². The van der Waals surface area contributed by atoms with Gasteiger partial charge < -0.3 is 19.9 Å². The Morgan fingerprint density at radius 2 is 1.69 bits per heavy atom. The molecule has 0 unspecified atom stereocenters. The van der Waals surface area contributed by atoms with Crippen molar-refractivity contribution >= 4 is 35.0 Å². The number of anilines is 2. The number of halogens is 1. The number of ether oxygens (including phenoxy) is 1. The number of thioether (sulfide) groups is 1. The van der Waals surface area contributed by atoms with Crippen molar-refractivity contribution < 1.29 is 18.7 Å². The van der Waals surface area contributed by atoms with E-state index in [0.717, 1.165) is 0 Å². The van der Waals surface area contributed by atoms with Gasteiger partial charge in [-0.05, 0) is 48.5 Å². The summed E-state index contributed by atoms with van der Waals surface area (Å²) in [6.07, 6.45) is 1.67. The maximum Gasteiger partial charge on any atom is 0.234 e. The Bertz CT molecular complexity index is 1080. The normalized spacial score (nSPS) is 10.4. The first-order valence-corrected chi connectivity index (χ1v) is 10.6. The maximum absolute atomic E-state index is 13.0. The summed E-state index contributed by atoms with van der Waals surface area (Å²) in [5.74, 6) is 0.326. The van der Waals surface area contributed by atoms with Gasteiger partial charge in [0.25, 0.3) is 0 Å². The molecule has 3 rings (SSSR count). The van der Waals surface area contributed by atoms with Crippen LogP contribution in [0, 0.1) is 5.82 Å². The number of nitrogens with zero attached hydrogens (tertiary/aromatic N) is 3. The van der Waals surface area contributed by atoms with Crippen molar-refractivity contribution in [3.63, 3.8) is 0 Å². The second kappa shape index (κ2) is 11.1. The largest absolute Gasteiger partial charge is 0.497 e. The quantitative estimate of drug-likeness (QED) is 0.359. The first-order chi connectivity index (χ1) is 15.5. The Kier molecular flexibility index (Phi) is 7.98. The zero-order valence-corrected chi connectivity index (χ0v) is 18.2. The monoisotopic (exact) mass is 455 g/mol. The van der Waals surface area contributed by atoms with E-state index in [4.69, 9.17) is 4.74 Å². The second-order valence-electron chi connectivity index (χ2n) is 6.60. The third kappa shape index (κ3) is 6.42. The van der Waals surface area contributed by atoms with Gasteiger partial charge in [0, 0.05) is 17.9 Å². The fraction of sp³-hybridized carbons (Fsp3) is 0.182. The molecule has 2 amide bonds. The predicted molar refractivity (Wildman–Crippen MR) is 121 cm³/mol. The maximum atomic E-state index is 13.0. The van der Waals surface area contributed by atoms with E-state index < -0.39 is 0 Å². The van der Waals surface area contributed by atoms with Crippen molar-refractivity contribution in [1.29, 1.82) is 0 Å². The van der Waals surface area contributed by atoms with E-state index in [0.29, 0.717) is 34.6 Å². The number of carbonyl (C=O) groups excluding carboxylic acids is 2. The number of rotatable bonds is 10. The van der Waals surface area contributed by atoms with Crippen LogP contribution in [-0.4, -0.2) is 39.4 Å². The van der Waals surface area contributed by atoms with Gasteiger partial charge in [0.05, 0.1) is 19.3 Å². The number of methoxy groups -OCH3 is 1. The Morgan fingerprint density at radius 3 is 2.31 bits per heavy atom. The molecule has 2 N–H and O–H groups in total. The first kappa shape index (κ1) is 23.0. The minimum atomic E-state index is -0.376. The molecule has 0 aliphatic rings. The van der Waals surface area contributed by atoms with Crippen LogP contribution in [0.2, 0.25) is 0 Å². The zero-order chi connectivity index (χ0) is 22.9. The SMILES string of the molecule is C=CCn1c(CC(=O)Nc2ccc(OC)cc2)nnc1SCC(=O)Nc1ccc(F)cc1. The highest BCUT2D eigenvalue weighted by atomic mass is 32.2. The highest BCUT2D eigenvalue weighted by Gasteiger charge is 2.16. The molecule has 32 heavy (non-hydrogen) atoms. The molecule has 0 radical (unpaired) electrons. The van der Waals surface area contributed by atoms with Crippen LogP contribution in [0.4, 0.5) is 15.8 Å². The number of hydrogen-bond donors (Lipinski definition) is 2. The number of benzene rings is 2. The molecule has 0 bridgehead atoms. The average Bonchev–Trinajstić information content (AvgIpc) is 3.16. The van der Waals surface area contributed by atoms with Gasteiger partial charge in [-0.3, -0.25) is 9.59 Å². The molecule has 3 aromatic rings. The van der Waals surface area contributed by atoms with Crippen LogP contribution in [-0.2, 0) is 22.6 Å². The summed E-state index contributed by atoms with van der Waals surface area (Å²) in [6, 6.07) is 12.5. The van der Waals surface area contributed by atoms with E-state index in [1.807, 2.05) is 0 Å². The first-order valence-electron chi connectivity index (χ1n) is 9.63. The smallest absolute Gasteiger partial charge is 0.234 e. The molecule has 166 valence electrons. The standard InChI is InChI=1S/C22H22FN5O3S/c1-3-12-28-19(13-20(29)24-17-8-10-18(31-2)11-9-17)26-27-22(28)32-14-21(30)25-16-6-4-15(23)5-7-16/h3-11H,1,12-14H2,2H3,(H,24,29)(H,25,30). The van der Waals surface area contributed by atoms with E-state index >= 15 is 0 Å². The lowest BCUT2D eigenvalue weighted by Gasteiger charge is -2.09. The van der Waals surface area contributed by atoms with Crippen LogP contribution in [0.25, 0.3) is 0 Å². The molecular formula is C22H22FN5O3S. The summed E-state index contributed by atoms with van der Waals surface area (Å²) < 4.78 is 19.8. The van der Waals surface area contributed by atoms with Crippen LogP contribution in [0.3, 0.4) is 0 Å². The molecule has 10 heteroatoms. The highest BCUT2D eigenvalue weighted by Crippen LogP contribution is 2.19. The molecule has 2 aromatic carbocycles.